The van der Waals surface area contributed by atoms with Crippen molar-refractivity contribution in [2.24, 2.45) is 5.73 Å². The highest BCUT2D eigenvalue weighted by Crippen LogP contribution is 2.33. The van der Waals surface area contributed by atoms with E-state index in [0.29, 0.717) is 11.4 Å². The molecule has 1 aromatic carbocycles. The smallest absolute Gasteiger partial charge is 0.343 e. The molecule has 0 heterocycles. The Kier molecular flexibility index (Phi) is 3.71. The van der Waals surface area contributed by atoms with Crippen molar-refractivity contribution in [2.75, 3.05) is 19.0 Å². The third kappa shape index (κ3) is 3.45. The van der Waals surface area contributed by atoms with E-state index in [2.05, 4.69) is 10.1 Å². The van der Waals surface area contributed by atoms with E-state index >= 15 is 0 Å². The zero-order valence-corrected chi connectivity index (χ0v) is 10.6. The Morgan fingerprint density at radius 1 is 1.32 bits per heavy atom. The molecule has 3 N–H and O–H groups in total. The number of amides is 1. The maximum Gasteiger partial charge on any atom is 0.343 e. The number of methoxy groups -OCH3 is 1. The summed E-state index contributed by atoms with van der Waals surface area (Å²) in [5.41, 5.74) is 5.73. The second-order valence-corrected chi connectivity index (χ2v) is 4.50. The second kappa shape index (κ2) is 5.27. The average molecular weight is 264 g/mol. The van der Waals surface area contributed by atoms with E-state index < -0.39 is 11.5 Å². The fraction of sp³-hybridized carbons (Fsp3) is 0.385. The lowest BCUT2D eigenvalue weighted by atomic mass is 10.2. The van der Waals surface area contributed by atoms with Gasteiger partial charge in [-0.2, -0.15) is 0 Å². The molecule has 0 atom stereocenters. The van der Waals surface area contributed by atoms with Gasteiger partial charge in [0.1, 0.15) is 5.75 Å². The third-order valence-electron chi connectivity index (χ3n) is 2.94. The fourth-order valence-electron chi connectivity index (χ4n) is 1.45. The van der Waals surface area contributed by atoms with Crippen molar-refractivity contribution in [1.29, 1.82) is 0 Å². The van der Waals surface area contributed by atoms with Gasteiger partial charge in [0.25, 0.3) is 0 Å². The topological polar surface area (TPSA) is 90.6 Å². The molecule has 0 unspecified atom stereocenters. The Balaban J connectivity index is 1.87. The normalized spacial score (nSPS) is 15.5. The number of esters is 1. The number of nitrogens with two attached hydrogens (primary N) is 1. The number of anilines is 1. The first-order chi connectivity index (χ1) is 9.03. The number of hydrogen-bond donors (Lipinski definition) is 2. The number of carbonyl (C=O) groups excluding carboxylic acids is 2. The van der Waals surface area contributed by atoms with Crippen molar-refractivity contribution in [1.82, 2.24) is 0 Å². The van der Waals surface area contributed by atoms with Crippen LogP contribution < -0.4 is 15.8 Å². The Morgan fingerprint density at radius 3 is 2.47 bits per heavy atom. The summed E-state index contributed by atoms with van der Waals surface area (Å²) in [6, 6.07) is 6.70. The zero-order chi connectivity index (χ0) is 13.9. The maximum absolute atomic E-state index is 11.7. The SMILES string of the molecule is COC(=O)COc1ccc(NC(=O)C2(N)CC2)cc1. The molecule has 102 valence electrons. The predicted octanol–water partition coefficient (Wildman–Crippen LogP) is 0.668. The molecule has 0 radical (unpaired) electrons. The molecule has 19 heavy (non-hydrogen) atoms. The van der Waals surface area contributed by atoms with Gasteiger partial charge in [-0.1, -0.05) is 0 Å². The summed E-state index contributed by atoms with van der Waals surface area (Å²) >= 11 is 0. The van der Waals surface area contributed by atoms with E-state index in [1.807, 2.05) is 0 Å². The van der Waals surface area contributed by atoms with Crippen LogP contribution in [0.2, 0.25) is 0 Å². The Labute approximate surface area is 110 Å². The largest absolute Gasteiger partial charge is 0.482 e. The molecule has 0 aromatic heterocycles. The van der Waals surface area contributed by atoms with Gasteiger partial charge in [-0.05, 0) is 37.1 Å². The van der Waals surface area contributed by atoms with Crippen LogP contribution in [0.25, 0.3) is 0 Å². The lowest BCUT2D eigenvalue weighted by Gasteiger charge is -2.10. The molecule has 6 nitrogen and oxygen atoms in total. The van der Waals surface area contributed by atoms with Crippen LogP contribution in [-0.4, -0.2) is 31.1 Å². The van der Waals surface area contributed by atoms with Gasteiger partial charge in [0.2, 0.25) is 5.91 Å². The van der Waals surface area contributed by atoms with Gasteiger partial charge in [0.15, 0.2) is 6.61 Å². The van der Waals surface area contributed by atoms with Gasteiger partial charge < -0.3 is 20.5 Å². The molecule has 1 aliphatic carbocycles. The number of nitrogens with one attached hydrogen (secondary N) is 1. The first kappa shape index (κ1) is 13.4. The Hall–Kier alpha value is -2.08. The number of benzene rings is 1. The first-order valence-corrected chi connectivity index (χ1v) is 5.93. The summed E-state index contributed by atoms with van der Waals surface area (Å²) in [5, 5.41) is 2.74. The van der Waals surface area contributed by atoms with Gasteiger partial charge in [-0.25, -0.2) is 4.79 Å². The van der Waals surface area contributed by atoms with Crippen LogP contribution in [0.15, 0.2) is 24.3 Å². The van der Waals surface area contributed by atoms with E-state index in [9.17, 15) is 9.59 Å². The molecule has 1 saturated carbocycles. The highest BCUT2D eigenvalue weighted by molar-refractivity contribution is 6.00. The summed E-state index contributed by atoms with van der Waals surface area (Å²) in [6.45, 7) is -0.145. The molecule has 1 aliphatic rings. The van der Waals surface area contributed by atoms with Crippen LogP contribution in [0.1, 0.15) is 12.8 Å². The molecule has 0 spiro atoms. The average Bonchev–Trinajstić information content (AvgIpc) is 3.17. The van der Waals surface area contributed by atoms with Gasteiger partial charge in [0.05, 0.1) is 12.6 Å². The van der Waals surface area contributed by atoms with Crippen LogP contribution in [0.3, 0.4) is 0 Å². The fourth-order valence-corrected chi connectivity index (χ4v) is 1.45. The third-order valence-corrected chi connectivity index (χ3v) is 2.94. The lowest BCUT2D eigenvalue weighted by Crippen LogP contribution is -2.37. The minimum absolute atomic E-state index is 0.145. The van der Waals surface area contributed by atoms with Crippen molar-refractivity contribution in [3.63, 3.8) is 0 Å². The Bertz CT molecular complexity index is 480. The Morgan fingerprint density at radius 2 is 1.95 bits per heavy atom. The molecule has 1 amide bonds. The molecule has 1 fully saturated rings. The molecular formula is C13H16N2O4. The van der Waals surface area contributed by atoms with Crippen molar-refractivity contribution in [2.45, 2.75) is 18.4 Å². The zero-order valence-electron chi connectivity index (χ0n) is 10.6. The van der Waals surface area contributed by atoms with E-state index in [1.54, 1.807) is 24.3 Å². The van der Waals surface area contributed by atoms with Crippen molar-refractivity contribution < 1.29 is 19.1 Å². The minimum Gasteiger partial charge on any atom is -0.482 e. The molecule has 0 aliphatic heterocycles. The molecule has 6 heteroatoms. The predicted molar refractivity (Wildman–Crippen MR) is 68.7 cm³/mol. The van der Waals surface area contributed by atoms with Gasteiger partial charge >= 0.3 is 5.97 Å². The summed E-state index contributed by atoms with van der Waals surface area (Å²) in [5.74, 6) is -0.0933. The second-order valence-electron chi connectivity index (χ2n) is 4.50. The molecular weight excluding hydrogens is 248 g/mol. The van der Waals surface area contributed by atoms with E-state index in [1.165, 1.54) is 7.11 Å². The highest BCUT2D eigenvalue weighted by atomic mass is 16.6. The summed E-state index contributed by atoms with van der Waals surface area (Å²) in [7, 11) is 1.30. The summed E-state index contributed by atoms with van der Waals surface area (Å²) in [4.78, 5) is 22.6. The molecule has 1 aromatic rings. The van der Waals surface area contributed by atoms with Crippen LogP contribution in [0.5, 0.6) is 5.75 Å². The van der Waals surface area contributed by atoms with Gasteiger partial charge in [-0.15, -0.1) is 0 Å². The number of hydrogen-bond acceptors (Lipinski definition) is 5. The monoisotopic (exact) mass is 264 g/mol. The van der Waals surface area contributed by atoms with Crippen LogP contribution in [0.4, 0.5) is 5.69 Å². The maximum atomic E-state index is 11.7. The minimum atomic E-state index is -0.694. The summed E-state index contributed by atoms with van der Waals surface area (Å²) in [6.07, 6.45) is 1.44. The molecule has 0 saturated heterocycles. The van der Waals surface area contributed by atoms with Crippen molar-refractivity contribution >= 4 is 17.6 Å². The van der Waals surface area contributed by atoms with Crippen LogP contribution >= 0.6 is 0 Å². The van der Waals surface area contributed by atoms with Gasteiger partial charge in [-0.3, -0.25) is 4.79 Å². The van der Waals surface area contributed by atoms with E-state index in [4.69, 9.17) is 10.5 Å². The lowest BCUT2D eigenvalue weighted by molar-refractivity contribution is -0.142. The number of carbonyl (C=O) groups is 2. The standard InChI is InChI=1S/C13H16N2O4/c1-18-11(16)8-19-10-4-2-9(3-5-10)15-12(17)13(14)6-7-13/h2-5H,6-8,14H2,1H3,(H,15,17). The number of rotatable bonds is 5. The van der Waals surface area contributed by atoms with E-state index in [0.717, 1.165) is 12.8 Å². The number of ether oxygens (including phenoxy) is 2. The van der Waals surface area contributed by atoms with Crippen molar-refractivity contribution in [3.05, 3.63) is 24.3 Å². The van der Waals surface area contributed by atoms with E-state index in [-0.39, 0.29) is 12.5 Å². The summed E-state index contributed by atoms with van der Waals surface area (Å²) < 4.78 is 9.64. The quantitative estimate of drug-likeness (QED) is 0.763. The van der Waals surface area contributed by atoms with Crippen LogP contribution in [0, 0.1) is 0 Å². The molecule has 2 rings (SSSR count). The first-order valence-electron chi connectivity index (χ1n) is 5.93. The molecule has 0 bridgehead atoms. The van der Waals surface area contributed by atoms with Gasteiger partial charge in [0, 0.05) is 5.69 Å². The highest BCUT2D eigenvalue weighted by Gasteiger charge is 2.45. The van der Waals surface area contributed by atoms with Crippen LogP contribution in [-0.2, 0) is 14.3 Å². The van der Waals surface area contributed by atoms with Crippen molar-refractivity contribution in [3.8, 4) is 5.75 Å².